The molecule has 1 fully saturated rings. The number of hydrogen-bond acceptors (Lipinski definition) is 4. The Labute approximate surface area is 177 Å². The number of nitrogens with one attached hydrogen (secondary N) is 1. The van der Waals surface area contributed by atoms with Crippen molar-refractivity contribution < 1.29 is 18.3 Å². The van der Waals surface area contributed by atoms with Gasteiger partial charge in [-0.3, -0.25) is 9.69 Å². The van der Waals surface area contributed by atoms with E-state index in [4.69, 9.17) is 0 Å². The van der Waals surface area contributed by atoms with E-state index in [9.17, 15) is 23.1 Å². The summed E-state index contributed by atoms with van der Waals surface area (Å²) in [6.45, 7) is 3.88. The first kappa shape index (κ1) is 21.4. The summed E-state index contributed by atoms with van der Waals surface area (Å²) in [6, 6.07) is 8.22. The normalized spacial score (nSPS) is 16.1. The Bertz CT molecular complexity index is 1160. The molecule has 8 heteroatoms. The SMILES string of the molecule is Cc1ccc(F)c2c(=O)[nH]c(CCC(O)N3CCN(c4ccc(F)cc4F)CC3)cc12. The summed E-state index contributed by atoms with van der Waals surface area (Å²) in [5.41, 5.74) is 1.33. The summed E-state index contributed by atoms with van der Waals surface area (Å²) in [5, 5.41) is 11.2. The quantitative estimate of drug-likeness (QED) is 0.651. The van der Waals surface area contributed by atoms with Crippen LogP contribution in [0, 0.1) is 24.4 Å². The molecule has 5 nitrogen and oxygen atoms in total. The third-order valence-electron chi connectivity index (χ3n) is 5.89. The van der Waals surface area contributed by atoms with E-state index >= 15 is 0 Å². The fourth-order valence-electron chi connectivity index (χ4n) is 4.13. The molecule has 1 aromatic heterocycles. The molecule has 31 heavy (non-hydrogen) atoms. The Balaban J connectivity index is 1.38. The second-order valence-electron chi connectivity index (χ2n) is 7.91. The second-order valence-corrected chi connectivity index (χ2v) is 7.91. The first-order valence-corrected chi connectivity index (χ1v) is 10.3. The number of nitrogens with zero attached hydrogens (tertiary/aromatic N) is 2. The van der Waals surface area contributed by atoms with Crippen molar-refractivity contribution in [1.82, 2.24) is 9.88 Å². The van der Waals surface area contributed by atoms with Crippen LogP contribution in [0.1, 0.15) is 17.7 Å². The molecule has 0 spiro atoms. The summed E-state index contributed by atoms with van der Waals surface area (Å²) in [4.78, 5) is 18.7. The van der Waals surface area contributed by atoms with Crippen LogP contribution in [-0.2, 0) is 6.42 Å². The maximum Gasteiger partial charge on any atom is 0.259 e. The van der Waals surface area contributed by atoms with Crippen LogP contribution in [0.3, 0.4) is 0 Å². The highest BCUT2D eigenvalue weighted by molar-refractivity contribution is 5.85. The van der Waals surface area contributed by atoms with Crippen molar-refractivity contribution >= 4 is 16.5 Å². The molecule has 2 aromatic carbocycles. The summed E-state index contributed by atoms with van der Waals surface area (Å²) in [5.74, 6) is -1.76. The Hall–Kier alpha value is -2.84. The minimum absolute atomic E-state index is 0.0495. The first-order valence-electron chi connectivity index (χ1n) is 10.3. The molecule has 2 N–H and O–H groups in total. The molecule has 2 heterocycles. The summed E-state index contributed by atoms with van der Waals surface area (Å²) in [7, 11) is 0. The zero-order valence-electron chi connectivity index (χ0n) is 17.2. The fraction of sp³-hybridized carbons (Fsp3) is 0.348. The van der Waals surface area contributed by atoms with Crippen LogP contribution in [0.4, 0.5) is 18.9 Å². The van der Waals surface area contributed by atoms with Crippen molar-refractivity contribution in [2.75, 3.05) is 31.1 Å². The van der Waals surface area contributed by atoms with Gasteiger partial charge >= 0.3 is 0 Å². The lowest BCUT2D eigenvalue weighted by Crippen LogP contribution is -2.50. The molecular weight excluding hydrogens is 407 g/mol. The van der Waals surface area contributed by atoms with E-state index in [0.717, 1.165) is 11.6 Å². The van der Waals surface area contributed by atoms with Gasteiger partial charge in [-0.25, -0.2) is 13.2 Å². The molecule has 0 radical (unpaired) electrons. The van der Waals surface area contributed by atoms with Crippen LogP contribution in [0.25, 0.3) is 10.8 Å². The van der Waals surface area contributed by atoms with Crippen molar-refractivity contribution in [2.45, 2.75) is 26.0 Å². The number of halogens is 3. The van der Waals surface area contributed by atoms with Crippen LogP contribution in [-0.4, -0.2) is 47.4 Å². The van der Waals surface area contributed by atoms with E-state index in [0.29, 0.717) is 55.8 Å². The van der Waals surface area contributed by atoms with Gasteiger partial charge in [0, 0.05) is 37.9 Å². The predicted octanol–water partition coefficient (Wildman–Crippen LogP) is 3.33. The average molecular weight is 431 g/mol. The Kier molecular flexibility index (Phi) is 6.02. The number of H-pyrrole nitrogens is 1. The number of rotatable bonds is 5. The van der Waals surface area contributed by atoms with Gasteiger partial charge in [-0.1, -0.05) is 6.07 Å². The number of aromatic nitrogens is 1. The van der Waals surface area contributed by atoms with Crippen molar-refractivity contribution in [2.24, 2.45) is 0 Å². The zero-order chi connectivity index (χ0) is 22.1. The Morgan fingerprint density at radius 2 is 1.77 bits per heavy atom. The molecule has 0 bridgehead atoms. The molecule has 3 aromatic rings. The lowest BCUT2D eigenvalue weighted by Gasteiger charge is -2.38. The Morgan fingerprint density at radius 1 is 1.03 bits per heavy atom. The minimum Gasteiger partial charge on any atom is -0.378 e. The maximum absolute atomic E-state index is 14.0. The molecule has 1 aliphatic rings. The average Bonchev–Trinajstić information content (AvgIpc) is 2.74. The van der Waals surface area contributed by atoms with E-state index in [1.165, 1.54) is 18.2 Å². The lowest BCUT2D eigenvalue weighted by molar-refractivity contribution is -0.00538. The van der Waals surface area contributed by atoms with Gasteiger partial charge in [-0.2, -0.15) is 0 Å². The second kappa shape index (κ2) is 8.72. The van der Waals surface area contributed by atoms with Crippen molar-refractivity contribution in [1.29, 1.82) is 0 Å². The molecule has 4 rings (SSSR count). The number of fused-ring (bicyclic) bond motifs is 1. The molecule has 1 aliphatic heterocycles. The summed E-state index contributed by atoms with van der Waals surface area (Å²) in [6.07, 6.45) is 0.0866. The van der Waals surface area contributed by atoms with Gasteiger partial charge < -0.3 is 15.0 Å². The number of pyridine rings is 1. The molecule has 1 unspecified atom stereocenters. The van der Waals surface area contributed by atoms with Gasteiger partial charge in [0.05, 0.1) is 11.1 Å². The number of aryl methyl sites for hydroxylation is 2. The number of hydrogen-bond donors (Lipinski definition) is 2. The van der Waals surface area contributed by atoms with Gasteiger partial charge in [0.25, 0.3) is 5.56 Å². The smallest absolute Gasteiger partial charge is 0.259 e. The van der Waals surface area contributed by atoms with E-state index in [1.807, 2.05) is 16.7 Å². The van der Waals surface area contributed by atoms with Crippen molar-refractivity contribution in [3.05, 3.63) is 75.5 Å². The zero-order valence-corrected chi connectivity index (χ0v) is 17.2. The number of aromatic amines is 1. The highest BCUT2D eigenvalue weighted by atomic mass is 19.1. The van der Waals surface area contributed by atoms with Crippen LogP contribution in [0.2, 0.25) is 0 Å². The monoisotopic (exact) mass is 431 g/mol. The van der Waals surface area contributed by atoms with Gasteiger partial charge in [0.2, 0.25) is 0 Å². The van der Waals surface area contributed by atoms with Crippen LogP contribution in [0.15, 0.2) is 41.2 Å². The molecule has 0 aliphatic carbocycles. The molecule has 1 atom stereocenters. The van der Waals surface area contributed by atoms with Crippen LogP contribution in [0.5, 0.6) is 0 Å². The van der Waals surface area contributed by atoms with Gasteiger partial charge in [-0.05, 0) is 55.0 Å². The standard InChI is InChI=1S/C23H24F3N3O2/c1-14-2-5-18(25)22-17(14)13-16(27-23(22)31)4-7-21(30)29-10-8-28(9-11-29)20-6-3-15(24)12-19(20)26/h2-3,5-6,12-13,21,30H,4,7-11H2,1H3,(H,27,31). The molecule has 1 saturated heterocycles. The van der Waals surface area contributed by atoms with Gasteiger partial charge in [0.1, 0.15) is 23.7 Å². The predicted molar refractivity (Wildman–Crippen MR) is 114 cm³/mol. The fourth-order valence-corrected chi connectivity index (χ4v) is 4.13. The van der Waals surface area contributed by atoms with Crippen LogP contribution < -0.4 is 10.5 Å². The number of aliphatic hydroxyl groups excluding tert-OH is 1. The highest BCUT2D eigenvalue weighted by Gasteiger charge is 2.24. The highest BCUT2D eigenvalue weighted by Crippen LogP contribution is 2.23. The molecule has 0 amide bonds. The number of aliphatic hydroxyl groups is 1. The largest absolute Gasteiger partial charge is 0.378 e. The van der Waals surface area contributed by atoms with E-state index in [2.05, 4.69) is 4.98 Å². The maximum atomic E-state index is 14.0. The molecular formula is C23H24F3N3O2. The minimum atomic E-state index is -0.729. The molecule has 164 valence electrons. The Morgan fingerprint density at radius 3 is 2.48 bits per heavy atom. The van der Waals surface area contributed by atoms with E-state index in [-0.39, 0.29) is 5.39 Å². The molecule has 0 saturated carbocycles. The van der Waals surface area contributed by atoms with Gasteiger partial charge in [-0.15, -0.1) is 0 Å². The topological polar surface area (TPSA) is 59.6 Å². The lowest BCUT2D eigenvalue weighted by atomic mass is 10.0. The van der Waals surface area contributed by atoms with Gasteiger partial charge in [0.15, 0.2) is 0 Å². The summed E-state index contributed by atoms with van der Waals surface area (Å²) < 4.78 is 41.1. The van der Waals surface area contributed by atoms with E-state index < -0.39 is 29.2 Å². The van der Waals surface area contributed by atoms with Crippen molar-refractivity contribution in [3.8, 4) is 0 Å². The van der Waals surface area contributed by atoms with Crippen LogP contribution >= 0.6 is 0 Å². The number of benzene rings is 2. The number of anilines is 1. The third kappa shape index (κ3) is 4.45. The first-order chi connectivity index (χ1) is 14.8. The van der Waals surface area contributed by atoms with Crippen molar-refractivity contribution in [3.63, 3.8) is 0 Å². The van der Waals surface area contributed by atoms with E-state index in [1.54, 1.807) is 12.1 Å². The third-order valence-corrected chi connectivity index (χ3v) is 5.89. The summed E-state index contributed by atoms with van der Waals surface area (Å²) >= 11 is 0. The number of piperazine rings is 1.